The Morgan fingerprint density at radius 3 is 2.32 bits per heavy atom. The summed E-state index contributed by atoms with van der Waals surface area (Å²) < 4.78 is 11.7. The summed E-state index contributed by atoms with van der Waals surface area (Å²) in [6.45, 7) is 14.1. The van der Waals surface area contributed by atoms with Crippen LogP contribution in [0.5, 0.6) is 5.75 Å². The van der Waals surface area contributed by atoms with Crippen molar-refractivity contribution >= 4 is 16.9 Å². The highest BCUT2D eigenvalue weighted by atomic mass is 16.5. The van der Waals surface area contributed by atoms with Crippen LogP contribution in [0.4, 0.5) is 0 Å². The third-order valence-corrected chi connectivity index (χ3v) is 6.86. The number of amides is 1. The van der Waals surface area contributed by atoms with Crippen LogP contribution in [0.3, 0.4) is 0 Å². The summed E-state index contributed by atoms with van der Waals surface area (Å²) in [7, 11) is 0. The predicted octanol–water partition coefficient (Wildman–Crippen LogP) is 5.09. The van der Waals surface area contributed by atoms with Gasteiger partial charge in [0.05, 0.1) is 23.6 Å². The fourth-order valence-electron chi connectivity index (χ4n) is 4.77. The van der Waals surface area contributed by atoms with Crippen molar-refractivity contribution in [1.82, 2.24) is 9.80 Å². The normalized spacial score (nSPS) is 15.4. The molecular weight excluding hydrogens is 428 g/mol. The summed E-state index contributed by atoms with van der Waals surface area (Å²) >= 11 is 0. The number of carbonyl (C=O) groups excluding carboxylic acids is 1. The highest BCUT2D eigenvalue weighted by molar-refractivity contribution is 5.99. The Morgan fingerprint density at radius 1 is 1.00 bits per heavy atom. The second kappa shape index (κ2) is 10.0. The highest BCUT2D eigenvalue weighted by Crippen LogP contribution is 2.39. The molecule has 0 spiro atoms. The van der Waals surface area contributed by atoms with Gasteiger partial charge in [0.25, 0.3) is 5.91 Å². The molecule has 1 aliphatic rings. The molecule has 1 unspecified atom stereocenters. The highest BCUT2D eigenvalue weighted by Gasteiger charge is 2.42. The van der Waals surface area contributed by atoms with Gasteiger partial charge in [0.2, 0.25) is 5.76 Å². The molecule has 4 rings (SSSR count). The van der Waals surface area contributed by atoms with Crippen LogP contribution in [0.25, 0.3) is 11.0 Å². The number of benzene rings is 2. The van der Waals surface area contributed by atoms with Gasteiger partial charge in [-0.05, 0) is 87.8 Å². The van der Waals surface area contributed by atoms with Crippen LogP contribution in [0, 0.1) is 13.8 Å². The van der Waals surface area contributed by atoms with E-state index in [1.807, 2.05) is 57.2 Å². The van der Waals surface area contributed by atoms with Gasteiger partial charge in [0, 0.05) is 6.54 Å². The monoisotopic (exact) mass is 462 g/mol. The van der Waals surface area contributed by atoms with Crippen molar-refractivity contribution in [2.24, 2.45) is 0 Å². The van der Waals surface area contributed by atoms with E-state index in [-0.39, 0.29) is 17.1 Å². The maximum absolute atomic E-state index is 13.7. The Labute approximate surface area is 201 Å². The number of fused-ring (bicyclic) bond motifs is 2. The summed E-state index contributed by atoms with van der Waals surface area (Å²) in [6.07, 6.45) is 0.820. The van der Waals surface area contributed by atoms with Gasteiger partial charge in [0.1, 0.15) is 11.3 Å². The molecule has 34 heavy (non-hydrogen) atoms. The largest absolute Gasteiger partial charge is 0.494 e. The van der Waals surface area contributed by atoms with Crippen molar-refractivity contribution < 1.29 is 13.9 Å². The van der Waals surface area contributed by atoms with Crippen molar-refractivity contribution in [1.29, 1.82) is 0 Å². The van der Waals surface area contributed by atoms with Crippen LogP contribution in [0.1, 0.15) is 66.0 Å². The van der Waals surface area contributed by atoms with Crippen molar-refractivity contribution in [3.05, 3.63) is 74.6 Å². The topological polar surface area (TPSA) is 63.0 Å². The Hall–Kier alpha value is -3.12. The molecule has 6 nitrogen and oxygen atoms in total. The van der Waals surface area contributed by atoms with E-state index in [0.717, 1.165) is 48.5 Å². The molecule has 6 heteroatoms. The summed E-state index contributed by atoms with van der Waals surface area (Å²) in [5.74, 6) is 0.716. The number of ether oxygens (including phenoxy) is 1. The summed E-state index contributed by atoms with van der Waals surface area (Å²) in [4.78, 5) is 31.4. The first-order valence-electron chi connectivity index (χ1n) is 12.2. The van der Waals surface area contributed by atoms with E-state index >= 15 is 0 Å². The average Bonchev–Trinajstić information content (AvgIpc) is 3.11. The molecule has 1 aliphatic heterocycles. The second-order valence-corrected chi connectivity index (χ2v) is 8.89. The molecule has 0 saturated carbocycles. The van der Waals surface area contributed by atoms with Gasteiger partial charge in [-0.3, -0.25) is 9.59 Å². The first-order chi connectivity index (χ1) is 16.4. The van der Waals surface area contributed by atoms with Crippen LogP contribution in [-0.2, 0) is 0 Å². The lowest BCUT2D eigenvalue weighted by molar-refractivity contribution is 0.0720. The predicted molar refractivity (Wildman–Crippen MR) is 135 cm³/mol. The van der Waals surface area contributed by atoms with Crippen LogP contribution in [-0.4, -0.2) is 48.5 Å². The Morgan fingerprint density at radius 2 is 1.68 bits per heavy atom. The first-order valence-corrected chi connectivity index (χ1v) is 12.2. The first kappa shape index (κ1) is 24.0. The summed E-state index contributed by atoms with van der Waals surface area (Å²) in [6, 6.07) is 10.9. The van der Waals surface area contributed by atoms with E-state index in [4.69, 9.17) is 9.15 Å². The van der Waals surface area contributed by atoms with Crippen LogP contribution in [0.15, 0.2) is 45.6 Å². The van der Waals surface area contributed by atoms with Crippen LogP contribution < -0.4 is 10.2 Å². The zero-order valence-corrected chi connectivity index (χ0v) is 20.8. The maximum Gasteiger partial charge on any atom is 0.290 e. The van der Waals surface area contributed by atoms with E-state index in [0.29, 0.717) is 29.7 Å². The number of nitrogens with zero attached hydrogens (tertiary/aromatic N) is 2. The van der Waals surface area contributed by atoms with Crippen molar-refractivity contribution in [2.75, 3.05) is 32.8 Å². The SMILES string of the molecule is CCOc1ccc(C2c3c(oc4cc(C)c(C)cc4c3=O)C(=O)N2CCCN(CC)CC)cc1. The molecule has 180 valence electrons. The molecule has 0 radical (unpaired) electrons. The molecule has 3 aromatic rings. The Bertz CT molecular complexity index is 1240. The van der Waals surface area contributed by atoms with Gasteiger partial charge in [-0.1, -0.05) is 26.0 Å². The van der Waals surface area contributed by atoms with Crippen molar-refractivity contribution in [3.8, 4) is 5.75 Å². The van der Waals surface area contributed by atoms with E-state index < -0.39 is 6.04 Å². The van der Waals surface area contributed by atoms with E-state index in [2.05, 4.69) is 18.7 Å². The second-order valence-electron chi connectivity index (χ2n) is 8.89. The van der Waals surface area contributed by atoms with Gasteiger partial charge in [-0.15, -0.1) is 0 Å². The van der Waals surface area contributed by atoms with Crippen molar-refractivity contribution in [3.63, 3.8) is 0 Å². The fourth-order valence-corrected chi connectivity index (χ4v) is 4.77. The molecule has 1 atom stereocenters. The lowest BCUT2D eigenvalue weighted by Gasteiger charge is -2.26. The smallest absolute Gasteiger partial charge is 0.290 e. The number of rotatable bonds is 9. The Kier molecular flexibility index (Phi) is 7.08. The Balaban J connectivity index is 1.80. The maximum atomic E-state index is 13.7. The lowest BCUT2D eigenvalue weighted by atomic mass is 9.97. The van der Waals surface area contributed by atoms with Gasteiger partial charge >= 0.3 is 0 Å². The number of hydrogen-bond donors (Lipinski definition) is 0. The third kappa shape index (κ3) is 4.34. The number of aryl methyl sites for hydroxylation is 2. The molecule has 0 saturated heterocycles. The van der Waals surface area contributed by atoms with E-state index in [1.165, 1.54) is 0 Å². The molecule has 2 aromatic carbocycles. The minimum atomic E-state index is -0.475. The third-order valence-electron chi connectivity index (χ3n) is 6.86. The number of carbonyl (C=O) groups is 1. The molecule has 0 aliphatic carbocycles. The van der Waals surface area contributed by atoms with E-state index in [1.54, 1.807) is 4.90 Å². The quantitative estimate of drug-likeness (QED) is 0.443. The van der Waals surface area contributed by atoms with Gasteiger partial charge in [-0.2, -0.15) is 0 Å². The summed E-state index contributed by atoms with van der Waals surface area (Å²) in [5, 5.41) is 0.524. The average molecular weight is 463 g/mol. The van der Waals surface area contributed by atoms with Gasteiger partial charge in [-0.25, -0.2) is 0 Å². The molecule has 1 amide bonds. The molecule has 0 bridgehead atoms. The fraction of sp³-hybridized carbons (Fsp3) is 0.429. The zero-order chi connectivity index (χ0) is 24.4. The minimum Gasteiger partial charge on any atom is -0.494 e. The van der Waals surface area contributed by atoms with E-state index in [9.17, 15) is 9.59 Å². The van der Waals surface area contributed by atoms with Gasteiger partial charge < -0.3 is 19.0 Å². The van der Waals surface area contributed by atoms with Crippen LogP contribution in [0.2, 0.25) is 0 Å². The van der Waals surface area contributed by atoms with Crippen molar-refractivity contribution in [2.45, 2.75) is 47.1 Å². The molecule has 0 fully saturated rings. The molecule has 0 N–H and O–H groups in total. The molecule has 2 heterocycles. The lowest BCUT2D eigenvalue weighted by Crippen LogP contribution is -2.33. The number of hydrogen-bond acceptors (Lipinski definition) is 5. The molecular formula is C28H34N2O4. The summed E-state index contributed by atoms with van der Waals surface area (Å²) in [5.41, 5.74) is 3.72. The van der Waals surface area contributed by atoms with Crippen LogP contribution >= 0.6 is 0 Å². The standard InChI is InChI=1S/C28H34N2O4/c1-6-29(7-2)14-9-15-30-25(20-10-12-21(13-11-20)33-8-3)24-26(31)22-16-18(4)19(5)17-23(22)34-27(24)28(30)32/h10-13,16-17,25H,6-9,14-15H2,1-5H3. The molecule has 1 aromatic heterocycles. The minimum absolute atomic E-state index is 0.127. The van der Waals surface area contributed by atoms with Gasteiger partial charge in [0.15, 0.2) is 5.43 Å². The zero-order valence-electron chi connectivity index (χ0n) is 20.8.